The van der Waals surface area contributed by atoms with Crippen LogP contribution in [0, 0.1) is 0 Å². The Morgan fingerprint density at radius 3 is 2.00 bits per heavy atom. The zero-order valence-corrected chi connectivity index (χ0v) is 24.2. The summed E-state index contributed by atoms with van der Waals surface area (Å²) in [5.74, 6) is -0.741. The number of imidazole rings is 1. The lowest BCUT2D eigenvalue weighted by atomic mass is 10.0. The zero-order chi connectivity index (χ0) is 29.0. The molecule has 39 heavy (non-hydrogen) atoms. The van der Waals surface area contributed by atoms with Crippen molar-refractivity contribution in [3.63, 3.8) is 0 Å². The molecular weight excluding hydrogens is 506 g/mol. The minimum absolute atomic E-state index is 0.0105. The number of amides is 2. The first-order chi connectivity index (χ1) is 19.0. The number of imide groups is 1. The van der Waals surface area contributed by atoms with Gasteiger partial charge in [-0.2, -0.15) is 0 Å². The van der Waals surface area contributed by atoms with E-state index < -0.39 is 11.9 Å². The molecule has 0 spiro atoms. The van der Waals surface area contributed by atoms with Crippen LogP contribution in [0.1, 0.15) is 58.6 Å². The van der Waals surface area contributed by atoms with Gasteiger partial charge in [-0.15, -0.1) is 0 Å². The highest BCUT2D eigenvalue weighted by molar-refractivity contribution is 6.00. The quantitative estimate of drug-likeness (QED) is 0.239. The lowest BCUT2D eigenvalue weighted by Crippen LogP contribution is -2.44. The molecule has 1 aliphatic rings. The number of nitrogens with one attached hydrogen (secondary N) is 1. The summed E-state index contributed by atoms with van der Waals surface area (Å²) < 4.78 is 24.6. The number of carbonyl (C=O) groups is 2. The van der Waals surface area contributed by atoms with Crippen LogP contribution in [0.2, 0.25) is 0 Å². The molecule has 2 amide bonds. The molecule has 2 heterocycles. The number of aromatic nitrogens is 2. The molecule has 1 aliphatic heterocycles. The summed E-state index contributed by atoms with van der Waals surface area (Å²) >= 11 is 0. The van der Waals surface area contributed by atoms with Crippen LogP contribution in [-0.4, -0.2) is 85.5 Å². The van der Waals surface area contributed by atoms with E-state index in [-0.39, 0.29) is 24.6 Å². The van der Waals surface area contributed by atoms with E-state index in [1.165, 1.54) is 4.57 Å². The third kappa shape index (κ3) is 10.8. The Labute approximate surface area is 231 Å². The normalized spacial score (nSPS) is 14.9. The molecule has 1 unspecified atom stereocenters. The van der Waals surface area contributed by atoms with E-state index in [0.29, 0.717) is 64.8 Å². The minimum atomic E-state index is -0.688. The molecule has 0 radical (unpaired) electrons. The maximum atomic E-state index is 13.0. The van der Waals surface area contributed by atoms with Crippen LogP contribution >= 0.6 is 0 Å². The van der Waals surface area contributed by atoms with E-state index in [1.54, 1.807) is 11.6 Å². The third-order valence-electron chi connectivity index (χ3n) is 5.79. The maximum Gasteiger partial charge on any atom is 0.329 e. The van der Waals surface area contributed by atoms with Gasteiger partial charge >= 0.3 is 5.69 Å². The van der Waals surface area contributed by atoms with Gasteiger partial charge in [0, 0.05) is 20.1 Å². The fourth-order valence-corrected chi connectivity index (χ4v) is 4.14. The van der Waals surface area contributed by atoms with Crippen LogP contribution < -0.4 is 11.0 Å². The van der Waals surface area contributed by atoms with Crippen molar-refractivity contribution in [1.82, 2.24) is 14.5 Å². The van der Waals surface area contributed by atoms with E-state index in [1.807, 2.05) is 45.9 Å². The number of hydrogen-bond donors (Lipinski definition) is 2. The average molecular weight is 554 g/mol. The lowest BCUT2D eigenvalue weighted by molar-refractivity contribution is -0.135. The van der Waals surface area contributed by atoms with E-state index in [2.05, 4.69) is 5.32 Å². The molecule has 11 heteroatoms. The van der Waals surface area contributed by atoms with Crippen molar-refractivity contribution in [1.29, 1.82) is 0 Å². The number of piperidine rings is 1. The van der Waals surface area contributed by atoms with Gasteiger partial charge in [0.05, 0.1) is 63.9 Å². The van der Waals surface area contributed by atoms with Gasteiger partial charge in [0.25, 0.3) is 0 Å². The van der Waals surface area contributed by atoms with Crippen molar-refractivity contribution in [3.05, 3.63) is 34.2 Å². The number of hydrogen-bond acceptors (Lipinski definition) is 8. The number of ether oxygens (including phenoxy) is 4. The second kappa shape index (κ2) is 20.3. The van der Waals surface area contributed by atoms with Gasteiger partial charge in [-0.25, -0.2) is 4.79 Å². The first-order valence-electron chi connectivity index (χ1n) is 14.0. The summed E-state index contributed by atoms with van der Waals surface area (Å²) in [7, 11) is 1.70. The molecule has 2 N–H and O–H groups in total. The molecule has 222 valence electrons. The van der Waals surface area contributed by atoms with Crippen molar-refractivity contribution in [3.8, 4) is 0 Å². The fraction of sp³-hybridized carbons (Fsp3) is 0.679. The van der Waals surface area contributed by atoms with Gasteiger partial charge in [-0.3, -0.25) is 24.0 Å². The molecule has 11 nitrogen and oxygen atoms in total. The number of aliphatic hydroxyl groups is 1. The summed E-state index contributed by atoms with van der Waals surface area (Å²) in [4.78, 5) is 36.8. The summed E-state index contributed by atoms with van der Waals surface area (Å²) in [6.07, 6.45) is 2.02. The highest BCUT2D eigenvalue weighted by Crippen LogP contribution is 2.25. The fourth-order valence-electron chi connectivity index (χ4n) is 4.14. The number of aryl methyl sites for hydroxylation is 2. The van der Waals surface area contributed by atoms with Crippen LogP contribution in [0.4, 0.5) is 0 Å². The average Bonchev–Trinajstić information content (AvgIpc) is 3.21. The van der Waals surface area contributed by atoms with Crippen LogP contribution in [-0.2, 0) is 42.0 Å². The molecule has 0 aliphatic carbocycles. The lowest BCUT2D eigenvalue weighted by Gasteiger charge is -2.21. The van der Waals surface area contributed by atoms with E-state index in [4.69, 9.17) is 24.1 Å². The van der Waals surface area contributed by atoms with Gasteiger partial charge in [-0.1, -0.05) is 39.8 Å². The third-order valence-corrected chi connectivity index (χ3v) is 5.79. The van der Waals surface area contributed by atoms with Crippen LogP contribution in [0.25, 0.3) is 11.0 Å². The number of fused-ring (bicyclic) bond motifs is 1. The summed E-state index contributed by atoms with van der Waals surface area (Å²) in [5.41, 5.74) is 2.23. The molecular formula is C28H47N3O8. The maximum absolute atomic E-state index is 13.0. The van der Waals surface area contributed by atoms with Crippen molar-refractivity contribution in [2.75, 3.05) is 59.5 Å². The molecule has 3 rings (SSSR count). The highest BCUT2D eigenvalue weighted by atomic mass is 16.6. The molecule has 0 bridgehead atoms. The Kier molecular flexibility index (Phi) is 18.0. The van der Waals surface area contributed by atoms with Gasteiger partial charge in [-0.05, 0) is 30.9 Å². The van der Waals surface area contributed by atoms with Gasteiger partial charge in [0.2, 0.25) is 11.8 Å². The number of benzene rings is 1. The minimum Gasteiger partial charge on any atom is -0.394 e. The van der Waals surface area contributed by atoms with E-state index >= 15 is 0 Å². The van der Waals surface area contributed by atoms with E-state index in [9.17, 15) is 14.4 Å². The van der Waals surface area contributed by atoms with Gasteiger partial charge in [0.15, 0.2) is 0 Å². The number of carbonyl (C=O) groups excluding carboxylic acids is 2. The van der Waals surface area contributed by atoms with Crippen molar-refractivity contribution >= 4 is 22.8 Å². The monoisotopic (exact) mass is 553 g/mol. The first kappa shape index (κ1) is 34.5. The molecule has 1 atom stereocenters. The van der Waals surface area contributed by atoms with Crippen LogP contribution in [0.15, 0.2) is 23.0 Å². The van der Waals surface area contributed by atoms with Crippen LogP contribution in [0.5, 0.6) is 0 Å². The number of para-hydroxylation sites is 1. The Morgan fingerprint density at radius 1 is 0.872 bits per heavy atom. The number of nitrogens with zero attached hydrogens (tertiary/aromatic N) is 2. The largest absolute Gasteiger partial charge is 0.394 e. The Morgan fingerprint density at radius 2 is 1.44 bits per heavy atom. The molecule has 1 aromatic heterocycles. The Bertz CT molecular complexity index is 1030. The van der Waals surface area contributed by atoms with Crippen LogP contribution in [0.3, 0.4) is 0 Å². The van der Waals surface area contributed by atoms with Gasteiger partial charge < -0.3 is 24.1 Å². The van der Waals surface area contributed by atoms with E-state index in [0.717, 1.165) is 23.9 Å². The molecule has 0 saturated carbocycles. The first-order valence-corrected chi connectivity index (χ1v) is 14.0. The summed E-state index contributed by atoms with van der Waals surface area (Å²) in [6.45, 7) is 11.7. The van der Waals surface area contributed by atoms with Gasteiger partial charge in [0.1, 0.15) is 6.04 Å². The zero-order valence-electron chi connectivity index (χ0n) is 24.2. The summed E-state index contributed by atoms with van der Waals surface area (Å²) in [6, 6.07) is 5.01. The molecule has 1 saturated heterocycles. The SMILES string of the molecule is CC.CC.Cn1c(=O)n(C2CCC(=O)NC2=O)c2cccc(CCCOCCOCCOCCOCCO)c21. The topological polar surface area (TPSA) is 130 Å². The standard InChI is InChI=1S/C24H35N3O8.2C2H6/c1-26-22-18(5-3-10-32-12-14-34-16-17-35-15-13-33-11-9-28)4-2-6-19(22)27(24(26)31)20-7-8-21(29)25-23(20)30;2*1-2/h2,4,6,20,28H,3,5,7-17H2,1H3,(H,25,29,30);2*1-2H3. The second-order valence-electron chi connectivity index (χ2n) is 8.24. The summed E-state index contributed by atoms with van der Waals surface area (Å²) in [5, 5.41) is 10.9. The highest BCUT2D eigenvalue weighted by Gasteiger charge is 2.31. The Hall–Kier alpha value is -2.57. The number of aliphatic hydroxyl groups excluding tert-OH is 1. The van der Waals surface area contributed by atoms with Crippen molar-refractivity contribution in [2.24, 2.45) is 7.05 Å². The second-order valence-corrected chi connectivity index (χ2v) is 8.24. The smallest absolute Gasteiger partial charge is 0.329 e. The predicted octanol–water partition coefficient (Wildman–Crippen LogP) is 2.36. The predicted molar refractivity (Wildman–Crippen MR) is 150 cm³/mol. The molecule has 1 fully saturated rings. The molecule has 2 aromatic rings. The number of rotatable bonds is 16. The molecule has 1 aromatic carbocycles. The van der Waals surface area contributed by atoms with Crippen molar-refractivity contribution < 1.29 is 33.6 Å². The van der Waals surface area contributed by atoms with Crippen molar-refractivity contribution in [2.45, 2.75) is 59.4 Å². The Balaban J connectivity index is 0.00000181.